The second-order valence-corrected chi connectivity index (χ2v) is 6.54. The van der Waals surface area contributed by atoms with Gasteiger partial charge in [-0.25, -0.2) is 9.97 Å². The van der Waals surface area contributed by atoms with Crippen LogP contribution in [0, 0.1) is 0 Å². The maximum absolute atomic E-state index is 4.49. The van der Waals surface area contributed by atoms with E-state index in [2.05, 4.69) is 63.9 Å². The van der Waals surface area contributed by atoms with Gasteiger partial charge in [-0.3, -0.25) is 4.57 Å². The Morgan fingerprint density at radius 2 is 1.70 bits per heavy atom. The highest BCUT2D eigenvalue weighted by atomic mass is 32.2. The lowest BCUT2D eigenvalue weighted by Crippen LogP contribution is -2.00. The van der Waals surface area contributed by atoms with E-state index in [0.29, 0.717) is 0 Å². The molecule has 0 aliphatic heterocycles. The molecule has 0 aliphatic carbocycles. The number of aromatic nitrogens is 3. The first-order chi connectivity index (χ1) is 11.4. The molecule has 2 aromatic carbocycles. The normalized spacial score (nSPS) is 11.3. The van der Waals surface area contributed by atoms with Crippen LogP contribution in [0.4, 0.5) is 0 Å². The summed E-state index contributed by atoms with van der Waals surface area (Å²) >= 11 is 1.90. The number of para-hydroxylation sites is 2. The van der Waals surface area contributed by atoms with Crippen molar-refractivity contribution in [1.82, 2.24) is 14.5 Å². The van der Waals surface area contributed by atoms with E-state index >= 15 is 0 Å². The molecule has 4 aromatic rings. The van der Waals surface area contributed by atoms with Gasteiger partial charge in [0.15, 0.2) is 0 Å². The van der Waals surface area contributed by atoms with Crippen LogP contribution in [0.5, 0.6) is 0 Å². The quantitative estimate of drug-likeness (QED) is 0.492. The molecule has 3 nitrogen and oxygen atoms in total. The average molecular weight is 319 g/mol. The van der Waals surface area contributed by atoms with Crippen molar-refractivity contribution in [2.24, 2.45) is 0 Å². The van der Waals surface area contributed by atoms with Crippen LogP contribution in [0.3, 0.4) is 0 Å². The van der Waals surface area contributed by atoms with Gasteiger partial charge in [0, 0.05) is 28.1 Å². The van der Waals surface area contributed by atoms with Gasteiger partial charge in [0.2, 0.25) is 5.95 Å². The summed E-state index contributed by atoms with van der Waals surface area (Å²) in [5.41, 5.74) is 2.36. The van der Waals surface area contributed by atoms with Gasteiger partial charge in [0.1, 0.15) is 0 Å². The van der Waals surface area contributed by atoms with E-state index in [-0.39, 0.29) is 0 Å². The molecule has 0 aliphatic rings. The van der Waals surface area contributed by atoms with Gasteiger partial charge in [0.05, 0.1) is 11.0 Å². The summed E-state index contributed by atoms with van der Waals surface area (Å²) in [6, 6.07) is 16.8. The predicted molar refractivity (Wildman–Crippen MR) is 97.4 cm³/mol. The van der Waals surface area contributed by atoms with Crippen LogP contribution in [0.2, 0.25) is 0 Å². The van der Waals surface area contributed by atoms with Crippen LogP contribution in [0.15, 0.2) is 65.8 Å². The van der Waals surface area contributed by atoms with Crippen LogP contribution in [0.1, 0.15) is 13.3 Å². The van der Waals surface area contributed by atoms with Crippen LogP contribution >= 0.6 is 11.8 Å². The maximum Gasteiger partial charge on any atom is 0.234 e. The summed E-state index contributed by atoms with van der Waals surface area (Å²) in [4.78, 5) is 10.3. The minimum absolute atomic E-state index is 0.725. The monoisotopic (exact) mass is 319 g/mol. The third-order valence-electron chi connectivity index (χ3n) is 3.87. The van der Waals surface area contributed by atoms with Crippen LogP contribution in [-0.2, 0) is 0 Å². The van der Waals surface area contributed by atoms with Gasteiger partial charge < -0.3 is 0 Å². The number of nitrogens with zero attached hydrogens (tertiary/aromatic N) is 3. The first-order valence-corrected chi connectivity index (χ1v) is 8.81. The maximum atomic E-state index is 4.49. The van der Waals surface area contributed by atoms with E-state index in [1.165, 1.54) is 21.2 Å². The lowest BCUT2D eigenvalue weighted by Gasteiger charge is -2.08. The molecule has 0 saturated carbocycles. The van der Waals surface area contributed by atoms with E-state index in [0.717, 1.165) is 23.6 Å². The molecule has 4 rings (SSSR count). The second kappa shape index (κ2) is 6.05. The SMILES string of the molecule is CCCSc1cccc2c3ccccc3n(-c3ncccn3)c12. The molecule has 23 heavy (non-hydrogen) atoms. The van der Waals surface area contributed by atoms with Gasteiger partial charge in [0.25, 0.3) is 0 Å². The Morgan fingerprint density at radius 1 is 0.913 bits per heavy atom. The molecule has 0 spiro atoms. The third kappa shape index (κ3) is 2.39. The van der Waals surface area contributed by atoms with Crippen LogP contribution < -0.4 is 0 Å². The second-order valence-electron chi connectivity index (χ2n) is 5.40. The van der Waals surface area contributed by atoms with Crippen molar-refractivity contribution in [3.63, 3.8) is 0 Å². The zero-order chi connectivity index (χ0) is 15.6. The van der Waals surface area contributed by atoms with Gasteiger partial charge in [-0.05, 0) is 30.4 Å². The average Bonchev–Trinajstić information content (AvgIpc) is 2.96. The van der Waals surface area contributed by atoms with Crippen molar-refractivity contribution in [2.75, 3.05) is 5.75 Å². The Bertz CT molecular complexity index is 960. The zero-order valence-electron chi connectivity index (χ0n) is 12.9. The van der Waals surface area contributed by atoms with E-state index < -0.39 is 0 Å². The van der Waals surface area contributed by atoms with Crippen molar-refractivity contribution >= 4 is 33.6 Å². The number of benzene rings is 2. The summed E-state index contributed by atoms with van der Waals surface area (Å²) in [5.74, 6) is 1.83. The Kier molecular flexibility index (Phi) is 3.75. The van der Waals surface area contributed by atoms with Gasteiger partial charge in [-0.1, -0.05) is 37.3 Å². The molecular weight excluding hydrogens is 302 g/mol. The lowest BCUT2D eigenvalue weighted by atomic mass is 10.1. The van der Waals surface area contributed by atoms with Crippen LogP contribution in [0.25, 0.3) is 27.8 Å². The number of hydrogen-bond acceptors (Lipinski definition) is 3. The molecule has 0 saturated heterocycles. The number of hydrogen-bond donors (Lipinski definition) is 0. The fraction of sp³-hybridized carbons (Fsp3) is 0.158. The lowest BCUT2D eigenvalue weighted by molar-refractivity contribution is 0.981. The van der Waals surface area contributed by atoms with Gasteiger partial charge in [-0.15, -0.1) is 11.8 Å². The molecule has 0 bridgehead atoms. The summed E-state index contributed by atoms with van der Waals surface area (Å²) in [5, 5.41) is 2.50. The molecule has 0 unspecified atom stereocenters. The van der Waals surface area contributed by atoms with Gasteiger partial charge in [-0.2, -0.15) is 0 Å². The number of fused-ring (bicyclic) bond motifs is 3. The Morgan fingerprint density at radius 3 is 2.52 bits per heavy atom. The molecule has 4 heteroatoms. The largest absolute Gasteiger partial charge is 0.277 e. The van der Waals surface area contributed by atoms with E-state index in [4.69, 9.17) is 0 Å². The molecule has 0 amide bonds. The van der Waals surface area contributed by atoms with Crippen molar-refractivity contribution in [2.45, 2.75) is 18.2 Å². The summed E-state index contributed by atoms with van der Waals surface area (Å²) in [6.45, 7) is 2.21. The Labute approximate surface area is 139 Å². The highest BCUT2D eigenvalue weighted by Gasteiger charge is 2.16. The summed E-state index contributed by atoms with van der Waals surface area (Å²) < 4.78 is 2.18. The van der Waals surface area contributed by atoms with E-state index in [1.54, 1.807) is 12.4 Å². The molecule has 2 heterocycles. The highest BCUT2D eigenvalue weighted by Crippen LogP contribution is 2.36. The first kappa shape index (κ1) is 14.3. The van der Waals surface area contributed by atoms with Crippen molar-refractivity contribution in [3.8, 4) is 5.95 Å². The molecule has 114 valence electrons. The Hall–Kier alpha value is -2.33. The fourth-order valence-electron chi connectivity index (χ4n) is 2.93. The van der Waals surface area contributed by atoms with Gasteiger partial charge >= 0.3 is 0 Å². The molecule has 2 aromatic heterocycles. The zero-order valence-corrected chi connectivity index (χ0v) is 13.8. The molecular formula is C19H17N3S. The minimum atomic E-state index is 0.725. The summed E-state index contributed by atoms with van der Waals surface area (Å²) in [7, 11) is 0. The fourth-order valence-corrected chi connectivity index (χ4v) is 3.87. The molecule has 0 atom stereocenters. The number of rotatable bonds is 4. The first-order valence-electron chi connectivity index (χ1n) is 7.82. The smallest absolute Gasteiger partial charge is 0.234 e. The summed E-state index contributed by atoms with van der Waals surface area (Å²) in [6.07, 6.45) is 4.75. The van der Waals surface area contributed by atoms with E-state index in [9.17, 15) is 0 Å². The third-order valence-corrected chi connectivity index (χ3v) is 5.12. The van der Waals surface area contributed by atoms with Crippen molar-refractivity contribution < 1.29 is 0 Å². The standard InChI is InChI=1S/C19H17N3S/c1-2-13-23-17-10-5-8-15-14-7-3-4-9-16(14)22(18(15)17)19-20-11-6-12-21-19/h3-12H,2,13H2,1H3. The number of thioether (sulfide) groups is 1. The van der Waals surface area contributed by atoms with E-state index in [1.807, 2.05) is 17.8 Å². The molecule has 0 radical (unpaired) electrons. The van der Waals surface area contributed by atoms with Crippen molar-refractivity contribution in [1.29, 1.82) is 0 Å². The molecule has 0 N–H and O–H groups in total. The topological polar surface area (TPSA) is 30.7 Å². The minimum Gasteiger partial charge on any atom is -0.277 e. The predicted octanol–water partition coefficient (Wildman–Crippen LogP) is 5.08. The van der Waals surface area contributed by atoms with Crippen LogP contribution in [-0.4, -0.2) is 20.3 Å². The molecule has 0 fully saturated rings. The van der Waals surface area contributed by atoms with Crippen molar-refractivity contribution in [3.05, 3.63) is 60.9 Å². The highest BCUT2D eigenvalue weighted by molar-refractivity contribution is 7.99. The Balaban J connectivity index is 2.11.